The van der Waals surface area contributed by atoms with Crippen LogP contribution in [0.4, 0.5) is 21.6 Å². The third-order valence-electron chi connectivity index (χ3n) is 3.42. The summed E-state index contributed by atoms with van der Waals surface area (Å²) in [5, 5.41) is 5.57. The molecule has 1 aromatic heterocycles. The molecule has 26 heavy (non-hydrogen) atoms. The number of methoxy groups -OCH3 is 1. The van der Waals surface area contributed by atoms with Crippen LogP contribution >= 0.6 is 11.6 Å². The Bertz CT molecular complexity index is 917. The van der Waals surface area contributed by atoms with Crippen LogP contribution in [-0.4, -0.2) is 23.0 Å². The van der Waals surface area contributed by atoms with Gasteiger partial charge in [-0.05, 0) is 42.5 Å². The smallest absolute Gasteiger partial charge is 0.275 e. The molecule has 0 unspecified atom stereocenters. The topological polar surface area (TPSA) is 76.1 Å². The quantitative estimate of drug-likeness (QED) is 0.699. The Hall–Kier alpha value is -3.19. The monoisotopic (exact) mass is 372 g/mol. The van der Waals surface area contributed by atoms with Crippen LogP contribution < -0.4 is 15.4 Å². The summed E-state index contributed by atoms with van der Waals surface area (Å²) in [4.78, 5) is 20.4. The Morgan fingerprint density at radius 1 is 1.08 bits per heavy atom. The fourth-order valence-electron chi connectivity index (χ4n) is 2.10. The van der Waals surface area contributed by atoms with Crippen molar-refractivity contribution in [3.05, 3.63) is 71.4 Å². The van der Waals surface area contributed by atoms with E-state index in [-0.39, 0.29) is 10.7 Å². The molecule has 0 saturated carbocycles. The Morgan fingerprint density at radius 3 is 2.42 bits per heavy atom. The van der Waals surface area contributed by atoms with Gasteiger partial charge in [-0.1, -0.05) is 11.6 Å². The van der Waals surface area contributed by atoms with E-state index in [1.807, 2.05) is 24.3 Å². The first-order chi connectivity index (χ1) is 12.5. The Kier molecular flexibility index (Phi) is 5.28. The molecule has 0 radical (unpaired) electrons. The molecule has 1 heterocycles. The number of halogens is 2. The number of carbonyl (C=O) groups is 1. The average molecular weight is 373 g/mol. The van der Waals surface area contributed by atoms with Crippen molar-refractivity contribution in [3.8, 4) is 5.75 Å². The highest BCUT2D eigenvalue weighted by Gasteiger charge is 2.10. The zero-order valence-electron chi connectivity index (χ0n) is 13.7. The number of aromatic nitrogens is 2. The van der Waals surface area contributed by atoms with Gasteiger partial charge in [0.25, 0.3) is 5.91 Å². The summed E-state index contributed by atoms with van der Waals surface area (Å²) in [6, 6.07) is 11.2. The van der Waals surface area contributed by atoms with Gasteiger partial charge in [0.2, 0.25) is 0 Å². The summed E-state index contributed by atoms with van der Waals surface area (Å²) < 4.78 is 18.2. The zero-order chi connectivity index (χ0) is 18.5. The molecule has 0 aliphatic rings. The van der Waals surface area contributed by atoms with Crippen LogP contribution in [0, 0.1) is 5.82 Å². The number of anilines is 3. The second-order valence-electron chi connectivity index (χ2n) is 5.22. The van der Waals surface area contributed by atoms with E-state index in [4.69, 9.17) is 16.3 Å². The predicted molar refractivity (Wildman–Crippen MR) is 97.7 cm³/mol. The summed E-state index contributed by atoms with van der Waals surface area (Å²) in [6.45, 7) is 0. The average Bonchev–Trinajstić information content (AvgIpc) is 2.66. The lowest BCUT2D eigenvalue weighted by Crippen LogP contribution is -2.14. The first-order valence-corrected chi connectivity index (χ1v) is 7.92. The summed E-state index contributed by atoms with van der Waals surface area (Å²) in [6.07, 6.45) is 2.78. The summed E-state index contributed by atoms with van der Waals surface area (Å²) >= 11 is 5.69. The zero-order valence-corrected chi connectivity index (χ0v) is 14.4. The molecule has 0 bridgehead atoms. The van der Waals surface area contributed by atoms with Gasteiger partial charge in [-0.25, -0.2) is 14.4 Å². The summed E-state index contributed by atoms with van der Waals surface area (Å²) in [7, 11) is 1.59. The molecule has 6 nitrogen and oxygen atoms in total. The molecule has 0 fully saturated rings. The molecule has 2 N–H and O–H groups in total. The molecular formula is C18H14ClFN4O2. The molecule has 1 amide bonds. The fraction of sp³-hybridized carbons (Fsp3) is 0.0556. The maximum absolute atomic E-state index is 13.1. The van der Waals surface area contributed by atoms with Crippen molar-refractivity contribution in [2.24, 2.45) is 0 Å². The van der Waals surface area contributed by atoms with E-state index >= 15 is 0 Å². The third kappa shape index (κ3) is 4.25. The van der Waals surface area contributed by atoms with E-state index in [1.54, 1.807) is 7.11 Å². The van der Waals surface area contributed by atoms with Crippen molar-refractivity contribution >= 4 is 34.7 Å². The highest BCUT2D eigenvalue weighted by Crippen LogP contribution is 2.20. The van der Waals surface area contributed by atoms with Crippen molar-refractivity contribution in [2.45, 2.75) is 0 Å². The standard InChI is InChI=1S/C18H14ClFN4O2/c1-26-13-5-2-11(3-6-13)23-17-10-21-16(9-22-17)18(25)24-12-4-7-15(20)14(19)8-12/h2-10H,1H3,(H,22,23)(H,24,25). The van der Waals surface area contributed by atoms with Crippen molar-refractivity contribution in [2.75, 3.05) is 17.7 Å². The minimum atomic E-state index is -0.557. The van der Waals surface area contributed by atoms with Gasteiger partial charge in [0.1, 0.15) is 23.1 Å². The van der Waals surface area contributed by atoms with E-state index in [2.05, 4.69) is 20.6 Å². The van der Waals surface area contributed by atoms with Crippen LogP contribution in [-0.2, 0) is 0 Å². The van der Waals surface area contributed by atoms with Crippen LogP contribution in [0.2, 0.25) is 5.02 Å². The van der Waals surface area contributed by atoms with Crippen LogP contribution in [0.3, 0.4) is 0 Å². The largest absolute Gasteiger partial charge is 0.497 e. The maximum Gasteiger partial charge on any atom is 0.275 e. The Balaban J connectivity index is 1.66. The van der Waals surface area contributed by atoms with Gasteiger partial charge in [0, 0.05) is 11.4 Å². The normalized spacial score (nSPS) is 10.3. The van der Waals surface area contributed by atoms with Crippen LogP contribution in [0.5, 0.6) is 5.75 Å². The molecule has 8 heteroatoms. The van der Waals surface area contributed by atoms with Crippen LogP contribution in [0.25, 0.3) is 0 Å². The lowest BCUT2D eigenvalue weighted by Gasteiger charge is -2.08. The summed E-state index contributed by atoms with van der Waals surface area (Å²) in [5.74, 6) is 0.195. The van der Waals surface area contributed by atoms with Gasteiger partial charge in [0.05, 0.1) is 24.5 Å². The highest BCUT2D eigenvalue weighted by atomic mass is 35.5. The minimum absolute atomic E-state index is 0.0760. The van der Waals surface area contributed by atoms with Gasteiger partial charge in [-0.3, -0.25) is 4.79 Å². The van der Waals surface area contributed by atoms with Crippen molar-refractivity contribution in [3.63, 3.8) is 0 Å². The van der Waals surface area contributed by atoms with E-state index in [0.29, 0.717) is 11.5 Å². The lowest BCUT2D eigenvalue weighted by molar-refractivity contribution is 0.102. The molecule has 0 aliphatic carbocycles. The molecule has 132 valence electrons. The van der Waals surface area contributed by atoms with Gasteiger partial charge >= 0.3 is 0 Å². The molecule has 0 atom stereocenters. The Labute approximate surface area is 154 Å². The highest BCUT2D eigenvalue weighted by molar-refractivity contribution is 6.31. The third-order valence-corrected chi connectivity index (χ3v) is 3.71. The van der Waals surface area contributed by atoms with Crippen LogP contribution in [0.15, 0.2) is 54.9 Å². The van der Waals surface area contributed by atoms with E-state index in [0.717, 1.165) is 11.4 Å². The van der Waals surface area contributed by atoms with E-state index in [9.17, 15) is 9.18 Å². The molecule has 2 aromatic carbocycles. The lowest BCUT2D eigenvalue weighted by atomic mass is 10.3. The number of benzene rings is 2. The number of carbonyl (C=O) groups excluding carboxylic acids is 1. The van der Waals surface area contributed by atoms with E-state index in [1.165, 1.54) is 30.6 Å². The number of nitrogens with one attached hydrogen (secondary N) is 2. The van der Waals surface area contributed by atoms with Crippen molar-refractivity contribution in [1.82, 2.24) is 9.97 Å². The number of nitrogens with zero attached hydrogens (tertiary/aromatic N) is 2. The van der Waals surface area contributed by atoms with Gasteiger partial charge in [0.15, 0.2) is 0 Å². The number of ether oxygens (including phenoxy) is 1. The predicted octanol–water partition coefficient (Wildman–Crippen LogP) is 4.27. The summed E-state index contributed by atoms with van der Waals surface area (Å²) in [5.41, 5.74) is 1.28. The van der Waals surface area contributed by atoms with Crippen molar-refractivity contribution in [1.29, 1.82) is 0 Å². The number of hydrogen-bond acceptors (Lipinski definition) is 5. The number of rotatable bonds is 5. The number of amides is 1. The molecule has 0 saturated heterocycles. The molecule has 3 rings (SSSR count). The molecular weight excluding hydrogens is 359 g/mol. The first-order valence-electron chi connectivity index (χ1n) is 7.54. The second-order valence-corrected chi connectivity index (χ2v) is 5.63. The van der Waals surface area contributed by atoms with E-state index < -0.39 is 11.7 Å². The first kappa shape index (κ1) is 17.6. The SMILES string of the molecule is COc1ccc(Nc2cnc(C(=O)Nc3ccc(F)c(Cl)c3)cn2)cc1. The molecule has 0 aliphatic heterocycles. The number of hydrogen-bond donors (Lipinski definition) is 2. The van der Waals surface area contributed by atoms with Gasteiger partial charge < -0.3 is 15.4 Å². The van der Waals surface area contributed by atoms with Gasteiger partial charge in [-0.2, -0.15) is 0 Å². The minimum Gasteiger partial charge on any atom is -0.497 e. The second kappa shape index (κ2) is 7.79. The maximum atomic E-state index is 13.1. The van der Waals surface area contributed by atoms with Crippen LogP contribution in [0.1, 0.15) is 10.5 Å². The Morgan fingerprint density at radius 2 is 1.81 bits per heavy atom. The van der Waals surface area contributed by atoms with Gasteiger partial charge in [-0.15, -0.1) is 0 Å². The van der Waals surface area contributed by atoms with Crippen molar-refractivity contribution < 1.29 is 13.9 Å². The molecule has 0 spiro atoms. The fourth-order valence-corrected chi connectivity index (χ4v) is 2.28. The molecule has 3 aromatic rings.